The molecule has 0 aliphatic carbocycles. The number of hydrogen-bond acceptors (Lipinski definition) is 3. The Kier molecular flexibility index (Phi) is 15.3. The monoisotopic (exact) mass is 252 g/mol. The molecular formula is C12H25ClO3. The predicted molar refractivity (Wildman–Crippen MR) is 67.3 cm³/mol. The normalized spacial score (nSPS) is 10.9. The minimum Gasteiger partial charge on any atom is -0.379 e. The standard InChI is InChI=1S/C12H25ClO3/c1-2-14-9-10-16-12-11-15-8-6-4-3-5-7-13/h2-12H2,1H3. The largest absolute Gasteiger partial charge is 0.379 e. The Labute approximate surface area is 104 Å². The third kappa shape index (κ3) is 14.2. The van der Waals surface area contributed by atoms with Crippen LogP contribution in [0.4, 0.5) is 0 Å². The lowest BCUT2D eigenvalue weighted by Gasteiger charge is -2.05. The van der Waals surface area contributed by atoms with E-state index in [1.54, 1.807) is 0 Å². The van der Waals surface area contributed by atoms with Crippen molar-refractivity contribution in [3.63, 3.8) is 0 Å². The molecule has 0 bridgehead atoms. The molecule has 0 radical (unpaired) electrons. The van der Waals surface area contributed by atoms with E-state index < -0.39 is 0 Å². The van der Waals surface area contributed by atoms with E-state index in [0.717, 1.165) is 31.9 Å². The zero-order valence-electron chi connectivity index (χ0n) is 10.4. The van der Waals surface area contributed by atoms with Crippen molar-refractivity contribution in [3.05, 3.63) is 0 Å². The molecule has 0 amide bonds. The molecule has 3 nitrogen and oxygen atoms in total. The van der Waals surface area contributed by atoms with Crippen molar-refractivity contribution < 1.29 is 14.2 Å². The van der Waals surface area contributed by atoms with Gasteiger partial charge < -0.3 is 14.2 Å². The Balaban J connectivity index is 2.83. The Bertz CT molecular complexity index is 109. The van der Waals surface area contributed by atoms with Gasteiger partial charge in [0, 0.05) is 19.1 Å². The van der Waals surface area contributed by atoms with Gasteiger partial charge in [0.1, 0.15) is 0 Å². The van der Waals surface area contributed by atoms with Crippen molar-refractivity contribution in [2.24, 2.45) is 0 Å². The van der Waals surface area contributed by atoms with Crippen molar-refractivity contribution in [2.75, 3.05) is 45.5 Å². The van der Waals surface area contributed by atoms with Gasteiger partial charge in [0.2, 0.25) is 0 Å². The van der Waals surface area contributed by atoms with E-state index in [1.165, 1.54) is 12.8 Å². The summed E-state index contributed by atoms with van der Waals surface area (Å²) in [6.07, 6.45) is 4.65. The summed E-state index contributed by atoms with van der Waals surface area (Å²) in [5.74, 6) is 0.772. The number of ether oxygens (including phenoxy) is 3. The molecule has 0 aromatic carbocycles. The summed E-state index contributed by atoms with van der Waals surface area (Å²) in [6.45, 7) is 6.24. The Morgan fingerprint density at radius 1 is 0.688 bits per heavy atom. The third-order valence-electron chi connectivity index (χ3n) is 2.12. The maximum absolute atomic E-state index is 5.58. The highest BCUT2D eigenvalue weighted by atomic mass is 35.5. The fourth-order valence-corrected chi connectivity index (χ4v) is 1.43. The molecule has 4 heteroatoms. The predicted octanol–water partition coefficient (Wildman–Crippen LogP) is 2.86. The van der Waals surface area contributed by atoms with Gasteiger partial charge in [0.25, 0.3) is 0 Å². The lowest BCUT2D eigenvalue weighted by Crippen LogP contribution is -2.09. The quantitative estimate of drug-likeness (QED) is 0.373. The molecule has 0 aromatic heterocycles. The van der Waals surface area contributed by atoms with Crippen LogP contribution >= 0.6 is 11.6 Å². The van der Waals surface area contributed by atoms with Crippen LogP contribution in [0.15, 0.2) is 0 Å². The van der Waals surface area contributed by atoms with Gasteiger partial charge in [-0.25, -0.2) is 0 Å². The molecule has 0 spiro atoms. The third-order valence-corrected chi connectivity index (χ3v) is 2.39. The lowest BCUT2D eigenvalue weighted by atomic mass is 10.2. The van der Waals surface area contributed by atoms with E-state index in [-0.39, 0.29) is 0 Å². The van der Waals surface area contributed by atoms with E-state index >= 15 is 0 Å². The van der Waals surface area contributed by atoms with E-state index in [9.17, 15) is 0 Å². The van der Waals surface area contributed by atoms with E-state index in [2.05, 4.69) is 0 Å². The molecule has 0 atom stereocenters. The van der Waals surface area contributed by atoms with Crippen LogP contribution in [-0.4, -0.2) is 45.5 Å². The SMILES string of the molecule is CCOCCOCCOCCCCCCCl. The van der Waals surface area contributed by atoms with E-state index in [1.807, 2.05) is 6.92 Å². The van der Waals surface area contributed by atoms with Crippen molar-refractivity contribution in [3.8, 4) is 0 Å². The molecule has 0 N–H and O–H groups in total. The summed E-state index contributed by atoms with van der Waals surface area (Å²) >= 11 is 5.58. The van der Waals surface area contributed by atoms with Crippen LogP contribution < -0.4 is 0 Å². The van der Waals surface area contributed by atoms with Gasteiger partial charge in [-0.05, 0) is 19.8 Å². The second-order valence-corrected chi connectivity index (χ2v) is 3.90. The van der Waals surface area contributed by atoms with Gasteiger partial charge >= 0.3 is 0 Å². The Morgan fingerprint density at radius 2 is 1.25 bits per heavy atom. The van der Waals surface area contributed by atoms with Crippen LogP contribution in [0.5, 0.6) is 0 Å². The van der Waals surface area contributed by atoms with E-state index in [0.29, 0.717) is 26.4 Å². The maximum atomic E-state index is 5.58. The summed E-state index contributed by atoms with van der Waals surface area (Å²) in [7, 11) is 0. The van der Waals surface area contributed by atoms with Crippen LogP contribution in [0.2, 0.25) is 0 Å². The zero-order valence-corrected chi connectivity index (χ0v) is 11.1. The molecule has 0 rings (SSSR count). The van der Waals surface area contributed by atoms with Crippen LogP contribution in [0.3, 0.4) is 0 Å². The number of hydrogen-bond donors (Lipinski definition) is 0. The molecule has 0 saturated heterocycles. The molecule has 0 unspecified atom stereocenters. The summed E-state index contributed by atoms with van der Waals surface area (Å²) in [5, 5.41) is 0. The van der Waals surface area contributed by atoms with Gasteiger partial charge in [-0.1, -0.05) is 12.8 Å². The van der Waals surface area contributed by atoms with Crippen molar-refractivity contribution in [1.82, 2.24) is 0 Å². The van der Waals surface area contributed by atoms with Crippen molar-refractivity contribution >= 4 is 11.6 Å². The first-order valence-corrected chi connectivity index (χ1v) is 6.74. The average Bonchev–Trinajstić information content (AvgIpc) is 2.31. The first-order valence-electron chi connectivity index (χ1n) is 6.21. The molecule has 0 aliphatic heterocycles. The molecule has 0 fully saturated rings. The first kappa shape index (κ1) is 16.2. The van der Waals surface area contributed by atoms with E-state index in [4.69, 9.17) is 25.8 Å². The molecule has 0 saturated carbocycles. The average molecular weight is 253 g/mol. The van der Waals surface area contributed by atoms with Crippen LogP contribution in [0.1, 0.15) is 32.6 Å². The summed E-state index contributed by atoms with van der Waals surface area (Å²) in [4.78, 5) is 0. The molecule has 0 aromatic rings. The molecule has 98 valence electrons. The van der Waals surface area contributed by atoms with Gasteiger partial charge in [-0.3, -0.25) is 0 Å². The molecule has 0 heterocycles. The summed E-state index contributed by atoms with van der Waals surface area (Å²) < 4.78 is 15.9. The second-order valence-electron chi connectivity index (χ2n) is 3.52. The number of rotatable bonds is 13. The molecule has 0 aliphatic rings. The molecule has 16 heavy (non-hydrogen) atoms. The fraction of sp³-hybridized carbons (Fsp3) is 1.00. The number of halogens is 1. The highest BCUT2D eigenvalue weighted by Gasteiger charge is 1.92. The smallest absolute Gasteiger partial charge is 0.0701 e. The number of unbranched alkanes of at least 4 members (excludes halogenated alkanes) is 3. The van der Waals surface area contributed by atoms with Crippen molar-refractivity contribution in [2.45, 2.75) is 32.6 Å². The summed E-state index contributed by atoms with van der Waals surface area (Å²) in [6, 6.07) is 0. The van der Waals surface area contributed by atoms with Gasteiger partial charge in [0.15, 0.2) is 0 Å². The highest BCUT2D eigenvalue weighted by Crippen LogP contribution is 2.00. The Hall–Kier alpha value is 0.170. The topological polar surface area (TPSA) is 27.7 Å². The summed E-state index contributed by atoms with van der Waals surface area (Å²) in [5.41, 5.74) is 0. The van der Waals surface area contributed by atoms with Gasteiger partial charge in [0.05, 0.1) is 26.4 Å². The van der Waals surface area contributed by atoms with Gasteiger partial charge in [-0.2, -0.15) is 0 Å². The van der Waals surface area contributed by atoms with Crippen LogP contribution in [-0.2, 0) is 14.2 Å². The van der Waals surface area contributed by atoms with Crippen molar-refractivity contribution in [1.29, 1.82) is 0 Å². The number of alkyl halides is 1. The van der Waals surface area contributed by atoms with Crippen LogP contribution in [0.25, 0.3) is 0 Å². The molecular weight excluding hydrogens is 228 g/mol. The van der Waals surface area contributed by atoms with Crippen LogP contribution in [0, 0.1) is 0 Å². The lowest BCUT2D eigenvalue weighted by molar-refractivity contribution is 0.0162. The minimum atomic E-state index is 0.660. The second kappa shape index (κ2) is 15.2. The minimum absolute atomic E-state index is 0.660. The van der Waals surface area contributed by atoms with Gasteiger partial charge in [-0.15, -0.1) is 11.6 Å². The maximum Gasteiger partial charge on any atom is 0.0701 e. The highest BCUT2D eigenvalue weighted by molar-refractivity contribution is 6.17. The zero-order chi connectivity index (χ0) is 11.9. The first-order chi connectivity index (χ1) is 7.91. The fourth-order valence-electron chi connectivity index (χ4n) is 1.24. The Morgan fingerprint density at radius 3 is 1.88 bits per heavy atom.